The van der Waals surface area contributed by atoms with Crippen molar-refractivity contribution in [2.75, 3.05) is 26.3 Å². The zero-order valence-electron chi connectivity index (χ0n) is 11.0. The highest BCUT2D eigenvalue weighted by Gasteiger charge is 2.22. The minimum absolute atomic E-state index is 0.0421. The highest BCUT2D eigenvalue weighted by atomic mass is 16.5. The largest absolute Gasteiger partial charge is 0.481 e. The first-order chi connectivity index (χ1) is 8.54. The van der Waals surface area contributed by atoms with Gasteiger partial charge in [0.2, 0.25) is 0 Å². The fraction of sp³-hybridized carbons (Fsp3) is 0.833. The number of carboxylic acids is 1. The van der Waals surface area contributed by atoms with E-state index in [2.05, 4.69) is 5.32 Å². The summed E-state index contributed by atoms with van der Waals surface area (Å²) in [4.78, 5) is 24.3. The third-order valence-electron chi connectivity index (χ3n) is 3.07. The van der Waals surface area contributed by atoms with Crippen LogP contribution in [0.4, 0.5) is 4.79 Å². The molecular weight excluding hydrogens is 236 g/mol. The molecule has 0 aromatic rings. The number of ether oxygens (including phenoxy) is 1. The van der Waals surface area contributed by atoms with Crippen LogP contribution < -0.4 is 5.32 Å². The summed E-state index contributed by atoms with van der Waals surface area (Å²) in [5.41, 5.74) is 0. The van der Waals surface area contributed by atoms with Gasteiger partial charge in [0.1, 0.15) is 0 Å². The number of amides is 2. The molecule has 2 unspecified atom stereocenters. The van der Waals surface area contributed by atoms with Crippen LogP contribution in [0.2, 0.25) is 0 Å². The fourth-order valence-corrected chi connectivity index (χ4v) is 1.88. The molecule has 0 spiro atoms. The van der Waals surface area contributed by atoms with E-state index in [1.54, 1.807) is 6.92 Å². The van der Waals surface area contributed by atoms with Crippen LogP contribution in [-0.4, -0.2) is 54.4 Å². The topological polar surface area (TPSA) is 78.9 Å². The van der Waals surface area contributed by atoms with Gasteiger partial charge in [-0.05, 0) is 19.8 Å². The maximum atomic E-state index is 12.0. The van der Waals surface area contributed by atoms with Crippen LogP contribution in [0.15, 0.2) is 0 Å². The average molecular weight is 258 g/mol. The standard InChI is InChI=1S/C12H22N2O4/c1-3-14(7-9(2)11(15)16)12(17)13-10-5-4-6-18-8-10/h9-10H,3-8H2,1-2H3,(H,13,17)(H,15,16). The molecule has 0 saturated carbocycles. The number of nitrogens with one attached hydrogen (secondary N) is 1. The van der Waals surface area contributed by atoms with Crippen LogP contribution in [0.25, 0.3) is 0 Å². The normalized spacial score (nSPS) is 21.1. The Bertz CT molecular complexity index is 290. The molecule has 6 heteroatoms. The second kappa shape index (κ2) is 7.20. The number of nitrogens with zero attached hydrogens (tertiary/aromatic N) is 1. The van der Waals surface area contributed by atoms with E-state index in [0.717, 1.165) is 19.4 Å². The monoisotopic (exact) mass is 258 g/mol. The molecule has 1 heterocycles. The van der Waals surface area contributed by atoms with Crippen molar-refractivity contribution in [3.05, 3.63) is 0 Å². The maximum absolute atomic E-state index is 12.0. The highest BCUT2D eigenvalue weighted by molar-refractivity contribution is 5.76. The van der Waals surface area contributed by atoms with Crippen LogP contribution in [0.3, 0.4) is 0 Å². The molecule has 18 heavy (non-hydrogen) atoms. The summed E-state index contributed by atoms with van der Waals surface area (Å²) in [6.45, 7) is 5.45. The van der Waals surface area contributed by atoms with Crippen molar-refractivity contribution in [1.29, 1.82) is 0 Å². The summed E-state index contributed by atoms with van der Waals surface area (Å²) in [5.74, 6) is -1.44. The Balaban J connectivity index is 2.43. The smallest absolute Gasteiger partial charge is 0.317 e. The molecule has 2 N–H and O–H groups in total. The second-order valence-corrected chi connectivity index (χ2v) is 4.64. The van der Waals surface area contributed by atoms with Crippen molar-refractivity contribution >= 4 is 12.0 Å². The summed E-state index contributed by atoms with van der Waals surface area (Å²) in [6, 6.07) is -0.165. The molecule has 0 radical (unpaired) electrons. The van der Waals surface area contributed by atoms with Crippen molar-refractivity contribution in [2.24, 2.45) is 5.92 Å². The van der Waals surface area contributed by atoms with Crippen LogP contribution in [0, 0.1) is 5.92 Å². The van der Waals surface area contributed by atoms with Crippen LogP contribution in [0.1, 0.15) is 26.7 Å². The van der Waals surface area contributed by atoms with Gasteiger partial charge in [0.05, 0.1) is 18.6 Å². The molecular formula is C12H22N2O4. The van der Waals surface area contributed by atoms with Gasteiger partial charge in [-0.3, -0.25) is 4.79 Å². The molecule has 0 aromatic heterocycles. The average Bonchev–Trinajstić information content (AvgIpc) is 2.36. The lowest BCUT2D eigenvalue weighted by Gasteiger charge is -2.28. The summed E-state index contributed by atoms with van der Waals surface area (Å²) in [6.07, 6.45) is 1.86. The molecule has 1 aliphatic heterocycles. The van der Waals surface area contributed by atoms with Gasteiger partial charge < -0.3 is 20.1 Å². The van der Waals surface area contributed by atoms with E-state index in [1.165, 1.54) is 4.90 Å². The Labute approximate surface area is 107 Å². The maximum Gasteiger partial charge on any atom is 0.317 e. The number of aliphatic carboxylic acids is 1. The van der Waals surface area contributed by atoms with Crippen molar-refractivity contribution in [1.82, 2.24) is 10.2 Å². The Morgan fingerprint density at radius 3 is 2.78 bits per heavy atom. The lowest BCUT2D eigenvalue weighted by molar-refractivity contribution is -0.141. The van der Waals surface area contributed by atoms with Gasteiger partial charge in [0.25, 0.3) is 0 Å². The van der Waals surface area contributed by atoms with Gasteiger partial charge in [-0.1, -0.05) is 6.92 Å². The molecule has 1 rings (SSSR count). The molecule has 0 bridgehead atoms. The zero-order valence-corrected chi connectivity index (χ0v) is 11.0. The molecule has 1 aliphatic rings. The van der Waals surface area contributed by atoms with Gasteiger partial charge in [-0.2, -0.15) is 0 Å². The van der Waals surface area contributed by atoms with Crippen molar-refractivity contribution in [3.63, 3.8) is 0 Å². The molecule has 0 aliphatic carbocycles. The van der Waals surface area contributed by atoms with Gasteiger partial charge in [-0.25, -0.2) is 4.79 Å². The molecule has 104 valence electrons. The summed E-state index contributed by atoms with van der Waals surface area (Å²) >= 11 is 0. The van der Waals surface area contributed by atoms with Gasteiger partial charge in [0, 0.05) is 19.7 Å². The summed E-state index contributed by atoms with van der Waals surface area (Å²) in [5, 5.41) is 11.7. The van der Waals surface area contributed by atoms with Gasteiger partial charge in [0.15, 0.2) is 0 Å². The number of carbonyl (C=O) groups excluding carboxylic acids is 1. The molecule has 6 nitrogen and oxygen atoms in total. The lowest BCUT2D eigenvalue weighted by Crippen LogP contribution is -2.49. The Morgan fingerprint density at radius 2 is 2.28 bits per heavy atom. The zero-order chi connectivity index (χ0) is 13.5. The first-order valence-corrected chi connectivity index (χ1v) is 6.40. The van der Waals surface area contributed by atoms with Gasteiger partial charge in [-0.15, -0.1) is 0 Å². The van der Waals surface area contributed by atoms with E-state index in [0.29, 0.717) is 13.2 Å². The number of rotatable bonds is 5. The highest BCUT2D eigenvalue weighted by Crippen LogP contribution is 2.07. The Morgan fingerprint density at radius 1 is 1.56 bits per heavy atom. The third kappa shape index (κ3) is 4.52. The van der Waals surface area contributed by atoms with E-state index in [9.17, 15) is 9.59 Å². The predicted molar refractivity (Wildman–Crippen MR) is 66.4 cm³/mol. The van der Waals surface area contributed by atoms with E-state index >= 15 is 0 Å². The van der Waals surface area contributed by atoms with Gasteiger partial charge >= 0.3 is 12.0 Å². The number of carboxylic acid groups (broad SMARTS) is 1. The lowest BCUT2D eigenvalue weighted by atomic mass is 10.1. The van der Waals surface area contributed by atoms with E-state index in [4.69, 9.17) is 9.84 Å². The van der Waals surface area contributed by atoms with Crippen molar-refractivity contribution in [2.45, 2.75) is 32.7 Å². The van der Waals surface area contributed by atoms with Crippen molar-refractivity contribution < 1.29 is 19.4 Å². The SMILES string of the molecule is CCN(CC(C)C(=O)O)C(=O)NC1CCCOC1. The van der Waals surface area contributed by atoms with Crippen LogP contribution >= 0.6 is 0 Å². The third-order valence-corrected chi connectivity index (χ3v) is 3.07. The van der Waals surface area contributed by atoms with E-state index in [1.807, 2.05) is 6.92 Å². The van der Waals surface area contributed by atoms with Crippen LogP contribution in [-0.2, 0) is 9.53 Å². The number of urea groups is 1. The first-order valence-electron chi connectivity index (χ1n) is 6.40. The summed E-state index contributed by atoms with van der Waals surface area (Å²) < 4.78 is 5.29. The molecule has 0 aromatic carbocycles. The fourth-order valence-electron chi connectivity index (χ4n) is 1.88. The second-order valence-electron chi connectivity index (χ2n) is 4.64. The Kier molecular flexibility index (Phi) is 5.91. The summed E-state index contributed by atoms with van der Waals surface area (Å²) in [7, 11) is 0. The molecule has 1 fully saturated rings. The first kappa shape index (κ1) is 14.8. The number of hydrogen-bond acceptors (Lipinski definition) is 3. The molecule has 2 atom stereocenters. The minimum atomic E-state index is -0.887. The Hall–Kier alpha value is -1.30. The van der Waals surface area contributed by atoms with Crippen LogP contribution in [0.5, 0.6) is 0 Å². The van der Waals surface area contributed by atoms with E-state index in [-0.39, 0.29) is 18.6 Å². The number of carbonyl (C=O) groups is 2. The molecule has 2 amide bonds. The predicted octanol–water partition coefficient (Wildman–Crippen LogP) is 0.918. The number of hydrogen-bond donors (Lipinski definition) is 2. The molecule has 1 saturated heterocycles. The minimum Gasteiger partial charge on any atom is -0.481 e. The van der Waals surface area contributed by atoms with E-state index < -0.39 is 11.9 Å². The quantitative estimate of drug-likeness (QED) is 0.768. The van der Waals surface area contributed by atoms with Crippen molar-refractivity contribution in [3.8, 4) is 0 Å².